The van der Waals surface area contributed by atoms with E-state index >= 15 is 0 Å². The summed E-state index contributed by atoms with van der Waals surface area (Å²) >= 11 is 1.61. The van der Waals surface area contributed by atoms with Gasteiger partial charge in [0.15, 0.2) is 0 Å². The van der Waals surface area contributed by atoms with Crippen LogP contribution in [0.4, 0.5) is 0 Å². The van der Waals surface area contributed by atoms with E-state index in [2.05, 4.69) is 12.2 Å². The molecule has 0 saturated heterocycles. The van der Waals surface area contributed by atoms with Gasteiger partial charge in [-0.15, -0.1) is 11.3 Å². The number of aryl methyl sites for hydroxylation is 1. The van der Waals surface area contributed by atoms with Crippen LogP contribution in [0.1, 0.15) is 20.8 Å². The zero-order valence-electron chi connectivity index (χ0n) is 14.4. The molecule has 3 aromatic rings. The smallest absolute Gasteiger partial charge is 0.252 e. The minimum Gasteiger partial charge on any atom is -0.496 e. The topological polar surface area (TPSA) is 38.3 Å². The fourth-order valence-corrected chi connectivity index (χ4v) is 3.77. The van der Waals surface area contributed by atoms with Crippen LogP contribution < -0.4 is 10.1 Å². The van der Waals surface area contributed by atoms with Crippen molar-refractivity contribution in [2.75, 3.05) is 13.7 Å². The minimum absolute atomic E-state index is 0.0295. The summed E-state index contributed by atoms with van der Waals surface area (Å²) < 4.78 is 5.36. The van der Waals surface area contributed by atoms with E-state index in [-0.39, 0.29) is 5.91 Å². The Morgan fingerprint density at radius 2 is 1.80 bits per heavy atom. The molecule has 4 heteroatoms. The molecule has 0 fully saturated rings. The van der Waals surface area contributed by atoms with Crippen LogP contribution in [-0.4, -0.2) is 19.6 Å². The maximum Gasteiger partial charge on any atom is 0.252 e. The Morgan fingerprint density at radius 3 is 2.56 bits per heavy atom. The number of thiophene rings is 1. The third-order valence-corrected chi connectivity index (χ3v) is 5.07. The molecule has 0 bridgehead atoms. The number of ether oxygens (including phenoxy) is 1. The number of methoxy groups -OCH3 is 1. The van der Waals surface area contributed by atoms with Crippen molar-refractivity contribution in [1.29, 1.82) is 0 Å². The number of para-hydroxylation sites is 1. The van der Waals surface area contributed by atoms with Crippen LogP contribution in [0, 0.1) is 6.92 Å². The van der Waals surface area contributed by atoms with Gasteiger partial charge in [-0.3, -0.25) is 4.79 Å². The van der Waals surface area contributed by atoms with Gasteiger partial charge in [0, 0.05) is 22.4 Å². The molecule has 3 rings (SSSR count). The maximum atomic E-state index is 12.7. The monoisotopic (exact) mass is 351 g/mol. The lowest BCUT2D eigenvalue weighted by Gasteiger charge is -2.10. The summed E-state index contributed by atoms with van der Waals surface area (Å²) in [4.78, 5) is 13.8. The van der Waals surface area contributed by atoms with Crippen molar-refractivity contribution in [2.24, 2.45) is 0 Å². The van der Waals surface area contributed by atoms with Crippen LogP contribution in [0.3, 0.4) is 0 Å². The predicted molar refractivity (Wildman–Crippen MR) is 104 cm³/mol. The quantitative estimate of drug-likeness (QED) is 0.699. The van der Waals surface area contributed by atoms with Gasteiger partial charge in [0.1, 0.15) is 5.75 Å². The van der Waals surface area contributed by atoms with Gasteiger partial charge in [-0.1, -0.05) is 48.5 Å². The Balaban J connectivity index is 1.71. The van der Waals surface area contributed by atoms with E-state index in [0.29, 0.717) is 6.54 Å². The first-order valence-corrected chi connectivity index (χ1v) is 9.12. The number of hydrogen-bond acceptors (Lipinski definition) is 3. The predicted octanol–water partition coefficient (Wildman–Crippen LogP) is 4.70. The molecule has 0 unspecified atom stereocenters. The highest BCUT2D eigenvalue weighted by atomic mass is 32.1. The zero-order chi connectivity index (χ0) is 17.6. The average molecular weight is 351 g/mol. The Morgan fingerprint density at radius 1 is 1.08 bits per heavy atom. The molecule has 1 heterocycles. The average Bonchev–Trinajstić information content (AvgIpc) is 3.04. The molecule has 0 aliphatic carbocycles. The minimum atomic E-state index is -0.0295. The molecule has 1 N–H and O–H groups in total. The van der Waals surface area contributed by atoms with Gasteiger partial charge in [-0.25, -0.2) is 0 Å². The molecule has 0 aliphatic rings. The van der Waals surface area contributed by atoms with Crippen LogP contribution in [0.2, 0.25) is 0 Å². The third kappa shape index (κ3) is 3.91. The molecular weight excluding hydrogens is 330 g/mol. The third-order valence-electron chi connectivity index (χ3n) is 4.15. The van der Waals surface area contributed by atoms with Crippen LogP contribution >= 0.6 is 11.3 Å². The van der Waals surface area contributed by atoms with Crippen molar-refractivity contribution in [3.05, 3.63) is 76.0 Å². The molecule has 3 nitrogen and oxygen atoms in total. The Hall–Kier alpha value is -2.59. The van der Waals surface area contributed by atoms with E-state index in [1.165, 1.54) is 0 Å². The second-order valence-corrected chi connectivity index (χ2v) is 6.85. The Labute approximate surface area is 152 Å². The summed E-state index contributed by atoms with van der Waals surface area (Å²) in [6.07, 6.45) is 0.736. The van der Waals surface area contributed by atoms with Crippen molar-refractivity contribution in [2.45, 2.75) is 13.3 Å². The molecule has 2 aromatic carbocycles. The van der Waals surface area contributed by atoms with Crippen molar-refractivity contribution in [3.63, 3.8) is 0 Å². The molecule has 0 radical (unpaired) electrons. The largest absolute Gasteiger partial charge is 0.496 e. The highest BCUT2D eigenvalue weighted by Crippen LogP contribution is 2.32. The first-order valence-electron chi connectivity index (χ1n) is 8.24. The SMILES string of the molecule is COc1ccccc1CCNC(=O)c1csc(C)c1-c1ccccc1. The normalized spacial score (nSPS) is 10.5. The van der Waals surface area contributed by atoms with Crippen LogP contribution in [0.5, 0.6) is 5.75 Å². The molecule has 25 heavy (non-hydrogen) atoms. The Bertz CT molecular complexity index is 855. The van der Waals surface area contributed by atoms with Gasteiger partial charge in [0.2, 0.25) is 0 Å². The first-order chi connectivity index (χ1) is 12.2. The summed E-state index contributed by atoms with van der Waals surface area (Å²) in [5.74, 6) is 0.825. The summed E-state index contributed by atoms with van der Waals surface area (Å²) in [5.41, 5.74) is 3.94. The molecule has 0 spiro atoms. The summed E-state index contributed by atoms with van der Waals surface area (Å²) in [7, 11) is 1.66. The second-order valence-electron chi connectivity index (χ2n) is 5.76. The lowest BCUT2D eigenvalue weighted by molar-refractivity contribution is 0.0955. The van der Waals surface area contributed by atoms with E-state index in [1.807, 2.05) is 60.0 Å². The molecule has 128 valence electrons. The fraction of sp³-hybridized carbons (Fsp3) is 0.190. The van der Waals surface area contributed by atoms with E-state index in [1.54, 1.807) is 18.4 Å². The highest BCUT2D eigenvalue weighted by Gasteiger charge is 2.16. The lowest BCUT2D eigenvalue weighted by Crippen LogP contribution is -2.25. The lowest BCUT2D eigenvalue weighted by atomic mass is 10.0. The molecule has 0 saturated carbocycles. The van der Waals surface area contributed by atoms with Crippen molar-refractivity contribution in [1.82, 2.24) is 5.32 Å². The van der Waals surface area contributed by atoms with E-state index in [4.69, 9.17) is 4.74 Å². The molecular formula is C21H21NO2S. The summed E-state index contributed by atoms with van der Waals surface area (Å²) in [5, 5.41) is 4.97. The number of nitrogens with one attached hydrogen (secondary N) is 1. The van der Waals surface area contributed by atoms with Gasteiger partial charge >= 0.3 is 0 Å². The van der Waals surface area contributed by atoms with Crippen molar-refractivity contribution >= 4 is 17.2 Å². The van der Waals surface area contributed by atoms with Crippen molar-refractivity contribution < 1.29 is 9.53 Å². The van der Waals surface area contributed by atoms with E-state index in [0.717, 1.165) is 39.3 Å². The van der Waals surface area contributed by atoms with Crippen LogP contribution in [0.15, 0.2) is 60.0 Å². The zero-order valence-corrected chi connectivity index (χ0v) is 15.2. The number of amides is 1. The fourth-order valence-electron chi connectivity index (χ4n) is 2.90. The maximum absolute atomic E-state index is 12.7. The highest BCUT2D eigenvalue weighted by molar-refractivity contribution is 7.10. The molecule has 0 atom stereocenters. The molecule has 1 amide bonds. The number of carbonyl (C=O) groups excluding carboxylic acids is 1. The molecule has 1 aromatic heterocycles. The molecule has 0 aliphatic heterocycles. The number of rotatable bonds is 6. The van der Waals surface area contributed by atoms with E-state index in [9.17, 15) is 4.79 Å². The van der Waals surface area contributed by atoms with Gasteiger partial charge in [0.05, 0.1) is 12.7 Å². The number of benzene rings is 2. The number of hydrogen-bond donors (Lipinski definition) is 1. The van der Waals surface area contributed by atoms with Crippen LogP contribution in [0.25, 0.3) is 11.1 Å². The van der Waals surface area contributed by atoms with Crippen molar-refractivity contribution in [3.8, 4) is 16.9 Å². The van der Waals surface area contributed by atoms with Gasteiger partial charge in [-0.2, -0.15) is 0 Å². The summed E-state index contributed by atoms with van der Waals surface area (Å²) in [6.45, 7) is 2.63. The second kappa shape index (κ2) is 7.99. The van der Waals surface area contributed by atoms with Crippen LogP contribution in [-0.2, 0) is 6.42 Å². The number of carbonyl (C=O) groups is 1. The van der Waals surface area contributed by atoms with E-state index < -0.39 is 0 Å². The summed E-state index contributed by atoms with van der Waals surface area (Å²) in [6, 6.07) is 17.9. The standard InChI is InChI=1S/C21H21NO2S/c1-15-20(17-9-4-3-5-10-17)18(14-25-15)21(23)22-13-12-16-8-6-7-11-19(16)24-2/h3-11,14H,12-13H2,1-2H3,(H,22,23). The first kappa shape index (κ1) is 17.2. The van der Waals surface area contributed by atoms with Gasteiger partial charge in [0.25, 0.3) is 5.91 Å². The van der Waals surface area contributed by atoms with Gasteiger partial charge in [-0.05, 0) is 30.5 Å². The Kier molecular flexibility index (Phi) is 5.51. The van der Waals surface area contributed by atoms with Gasteiger partial charge < -0.3 is 10.1 Å².